The summed E-state index contributed by atoms with van der Waals surface area (Å²) in [6.07, 6.45) is -2.40. The Hall–Kier alpha value is -1.38. The molecule has 12 heteroatoms. The van der Waals surface area contributed by atoms with E-state index < -0.39 is 60.6 Å². The molecule has 12 nitrogen and oxygen atoms in total. The molecule has 0 aromatic heterocycles. The highest BCUT2D eigenvalue weighted by Crippen LogP contribution is 2.91. The summed E-state index contributed by atoms with van der Waals surface area (Å²) in [6, 6.07) is 0. The highest BCUT2D eigenvalue weighted by atomic mass is 16.7. The average Bonchev–Trinajstić information content (AvgIpc) is 3.61. The molecule has 6 N–H and O–H groups in total. The molecule has 5 aliphatic carbocycles. The molecule has 52 heavy (non-hydrogen) atoms. The first-order valence-electron chi connectivity index (χ1n) is 19.7. The van der Waals surface area contributed by atoms with Gasteiger partial charge in [-0.3, -0.25) is 9.59 Å². The van der Waals surface area contributed by atoms with Crippen LogP contribution in [0.3, 0.4) is 0 Å². The monoisotopic (exact) mass is 738 g/mol. The van der Waals surface area contributed by atoms with Crippen molar-refractivity contribution in [1.29, 1.82) is 0 Å². The number of rotatable bonds is 10. The Bertz CT molecular complexity index is 1360. The zero-order valence-electron chi connectivity index (χ0n) is 32.7. The van der Waals surface area contributed by atoms with Crippen LogP contribution in [0.15, 0.2) is 0 Å². The lowest BCUT2D eigenvalue weighted by molar-refractivity contribution is -0.344. The van der Waals surface area contributed by atoms with Crippen molar-refractivity contribution in [3.8, 4) is 0 Å². The van der Waals surface area contributed by atoms with Crippen molar-refractivity contribution in [3.63, 3.8) is 0 Å². The predicted molar refractivity (Wildman–Crippen MR) is 188 cm³/mol. The molecule has 6 fully saturated rings. The van der Waals surface area contributed by atoms with E-state index in [1.54, 1.807) is 0 Å². The van der Waals surface area contributed by atoms with Gasteiger partial charge in [0.2, 0.25) is 0 Å². The lowest BCUT2D eigenvalue weighted by Crippen LogP contribution is -2.68. The summed E-state index contributed by atoms with van der Waals surface area (Å²) in [5.74, 6) is -0.142. The first-order chi connectivity index (χ1) is 24.0. The second-order valence-electron chi connectivity index (χ2n) is 19.5. The molecular formula is C40H66O12. The summed E-state index contributed by atoms with van der Waals surface area (Å²) in [5.41, 5.74) is -2.38. The van der Waals surface area contributed by atoms with Crippen molar-refractivity contribution in [2.24, 2.45) is 50.7 Å². The normalized spacial score (nSPS) is 48.2. The largest absolute Gasteiger partial charge is 0.463 e. The van der Waals surface area contributed by atoms with Crippen molar-refractivity contribution in [1.82, 2.24) is 0 Å². The topological polar surface area (TPSA) is 192 Å². The quantitative estimate of drug-likeness (QED) is 0.142. The van der Waals surface area contributed by atoms with Gasteiger partial charge in [-0.25, -0.2) is 0 Å². The molecule has 298 valence electrons. The van der Waals surface area contributed by atoms with Crippen LogP contribution in [0.1, 0.15) is 120 Å². The molecule has 0 radical (unpaired) electrons. The van der Waals surface area contributed by atoms with Crippen LogP contribution in [-0.4, -0.2) is 110 Å². The number of hydrogen-bond acceptors (Lipinski definition) is 12. The number of carbonyl (C=O) groups excluding carboxylic acids is 2. The van der Waals surface area contributed by atoms with Crippen molar-refractivity contribution in [2.45, 2.75) is 181 Å². The van der Waals surface area contributed by atoms with Gasteiger partial charge in [0.1, 0.15) is 43.2 Å². The predicted octanol–water partition coefficient (Wildman–Crippen LogP) is 3.24. The molecule has 1 aliphatic heterocycles. The van der Waals surface area contributed by atoms with Gasteiger partial charge < -0.3 is 49.6 Å². The van der Waals surface area contributed by atoms with Gasteiger partial charge >= 0.3 is 11.9 Å². The molecule has 1 heterocycles. The fourth-order valence-corrected chi connectivity index (χ4v) is 13.7. The standard InChI is InChI=1S/C40H66O12/c1-20(16-24(43)33(47)36(6,7)48)23-10-15-40-19-39(23,40)14-11-26-37(8)13-12-28(50-22(3)42)35(4,5)27(37)17-29(38(26,40)9)52-34-32(46)31(45)30(44)25(51-34)18-49-21(2)41/h20,23-34,43-48H,10-19H2,1-9H3/t20-,23+,24?,25-,26-,27+,28-,29-,30-,31+,32-,33?,34+,37-,38+,39-,40-/m1/s1. The van der Waals surface area contributed by atoms with Gasteiger partial charge in [0, 0.05) is 24.7 Å². The molecule has 5 saturated carbocycles. The maximum Gasteiger partial charge on any atom is 0.302 e. The highest BCUT2D eigenvalue weighted by Gasteiger charge is 2.85. The van der Waals surface area contributed by atoms with Gasteiger partial charge in [-0.15, -0.1) is 0 Å². The summed E-state index contributed by atoms with van der Waals surface area (Å²) in [4.78, 5) is 23.9. The number of aliphatic hydroxyl groups is 6. The van der Waals surface area contributed by atoms with E-state index in [9.17, 15) is 40.2 Å². The van der Waals surface area contributed by atoms with E-state index in [0.717, 1.165) is 44.9 Å². The Balaban J connectivity index is 1.36. The van der Waals surface area contributed by atoms with Crippen LogP contribution >= 0.6 is 0 Å². The SMILES string of the molecule is CC(=O)OC[C@H]1O[C@@H](O[C@@H]2C[C@H]3C(C)(C)[C@H](OC(C)=O)CC[C@]3(C)[C@H]3CC[C@]45C[C@]4(CC[C@H]5[C@H](C)CC(O)C(O)C(C)(C)O)[C@@]32C)[C@H](O)[C@@H](O)[C@@H]1O. The molecular weight excluding hydrogens is 672 g/mol. The Morgan fingerprint density at radius 1 is 0.885 bits per heavy atom. The summed E-state index contributed by atoms with van der Waals surface area (Å²) in [7, 11) is 0. The molecule has 2 unspecified atom stereocenters. The molecule has 0 bridgehead atoms. The maximum atomic E-state index is 12.3. The minimum atomic E-state index is -1.58. The van der Waals surface area contributed by atoms with E-state index in [2.05, 4.69) is 34.6 Å². The van der Waals surface area contributed by atoms with Gasteiger partial charge in [0.05, 0.1) is 17.8 Å². The lowest BCUT2D eigenvalue weighted by Gasteiger charge is -2.69. The van der Waals surface area contributed by atoms with Crippen molar-refractivity contribution >= 4 is 11.9 Å². The van der Waals surface area contributed by atoms with E-state index in [1.165, 1.54) is 27.7 Å². The first-order valence-corrected chi connectivity index (χ1v) is 19.7. The molecule has 0 aromatic rings. The van der Waals surface area contributed by atoms with Crippen LogP contribution in [0.2, 0.25) is 0 Å². The van der Waals surface area contributed by atoms with Crippen LogP contribution in [0, 0.1) is 50.7 Å². The van der Waals surface area contributed by atoms with Gasteiger partial charge in [0.15, 0.2) is 6.29 Å². The smallest absolute Gasteiger partial charge is 0.302 e. The first kappa shape index (κ1) is 40.3. The van der Waals surface area contributed by atoms with Crippen LogP contribution in [0.25, 0.3) is 0 Å². The van der Waals surface area contributed by atoms with Gasteiger partial charge in [-0.1, -0.05) is 34.6 Å². The number of fused-ring (bicyclic) bond motifs is 3. The minimum absolute atomic E-state index is 0.00590. The minimum Gasteiger partial charge on any atom is -0.463 e. The van der Waals surface area contributed by atoms with Crippen molar-refractivity contribution < 1.29 is 59.2 Å². The molecule has 0 amide bonds. The Morgan fingerprint density at radius 2 is 1.56 bits per heavy atom. The maximum absolute atomic E-state index is 12.3. The Morgan fingerprint density at radius 3 is 2.17 bits per heavy atom. The lowest BCUT2D eigenvalue weighted by atomic mass is 9.37. The zero-order valence-corrected chi connectivity index (χ0v) is 32.7. The van der Waals surface area contributed by atoms with Gasteiger partial charge in [-0.05, 0) is 112 Å². The molecule has 1 saturated heterocycles. The number of ether oxygens (including phenoxy) is 4. The second-order valence-corrected chi connectivity index (χ2v) is 19.5. The third-order valence-corrected chi connectivity index (χ3v) is 16.2. The van der Waals surface area contributed by atoms with Gasteiger partial charge in [0.25, 0.3) is 0 Å². The van der Waals surface area contributed by atoms with Crippen LogP contribution in [0.4, 0.5) is 0 Å². The third kappa shape index (κ3) is 5.99. The number of esters is 2. The summed E-state index contributed by atoms with van der Waals surface area (Å²) in [6.45, 7) is 16.7. The summed E-state index contributed by atoms with van der Waals surface area (Å²) >= 11 is 0. The van der Waals surface area contributed by atoms with E-state index >= 15 is 0 Å². The molecule has 6 aliphatic rings. The average molecular weight is 739 g/mol. The molecule has 0 spiro atoms. The number of carbonyl (C=O) groups is 2. The summed E-state index contributed by atoms with van der Waals surface area (Å²) in [5, 5.41) is 65.2. The number of aliphatic hydroxyl groups excluding tert-OH is 5. The molecule has 0 aromatic carbocycles. The number of hydrogen-bond donors (Lipinski definition) is 6. The van der Waals surface area contributed by atoms with Crippen molar-refractivity contribution in [3.05, 3.63) is 0 Å². The van der Waals surface area contributed by atoms with E-state index in [1.807, 2.05) is 0 Å². The van der Waals surface area contributed by atoms with Crippen LogP contribution in [-0.2, 0) is 28.5 Å². The fourth-order valence-electron chi connectivity index (χ4n) is 13.7. The van der Waals surface area contributed by atoms with Gasteiger partial charge in [-0.2, -0.15) is 0 Å². The van der Waals surface area contributed by atoms with E-state index in [4.69, 9.17) is 18.9 Å². The Labute approximate surface area is 308 Å². The summed E-state index contributed by atoms with van der Waals surface area (Å²) < 4.78 is 24.3. The highest BCUT2D eigenvalue weighted by molar-refractivity contribution is 5.66. The second kappa shape index (κ2) is 13.4. The Kier molecular flexibility index (Phi) is 10.4. The van der Waals surface area contributed by atoms with Crippen LogP contribution in [0.5, 0.6) is 0 Å². The van der Waals surface area contributed by atoms with E-state index in [-0.39, 0.29) is 63.5 Å². The third-order valence-electron chi connectivity index (χ3n) is 16.2. The van der Waals surface area contributed by atoms with Crippen molar-refractivity contribution in [2.75, 3.05) is 6.61 Å². The fraction of sp³-hybridized carbons (Fsp3) is 0.950. The molecule has 6 rings (SSSR count). The molecule has 17 atom stereocenters. The zero-order chi connectivity index (χ0) is 38.6. The van der Waals surface area contributed by atoms with Crippen LogP contribution < -0.4 is 0 Å². The van der Waals surface area contributed by atoms with E-state index in [0.29, 0.717) is 18.8 Å².